The second kappa shape index (κ2) is 9.79. The number of benzene rings is 2. The molecule has 1 atom stereocenters. The number of hydrogen-bond donors (Lipinski definition) is 2. The molecule has 0 aliphatic heterocycles. The van der Waals surface area contributed by atoms with E-state index in [2.05, 4.69) is 10.6 Å². The highest BCUT2D eigenvalue weighted by atomic mass is 35.5. The van der Waals surface area contributed by atoms with Gasteiger partial charge >= 0.3 is 0 Å². The number of rotatable bonds is 8. The summed E-state index contributed by atoms with van der Waals surface area (Å²) in [6.45, 7) is 2.49. The zero-order chi connectivity index (χ0) is 18.9. The summed E-state index contributed by atoms with van der Waals surface area (Å²) in [6, 6.07) is 13.4. The lowest BCUT2D eigenvalue weighted by Crippen LogP contribution is -2.30. The van der Waals surface area contributed by atoms with E-state index in [-0.39, 0.29) is 11.8 Å². The third-order valence-electron chi connectivity index (χ3n) is 3.48. The van der Waals surface area contributed by atoms with E-state index >= 15 is 0 Å². The SMILES string of the molecule is COCCNC(=O)c1cccc(NC(=O)C(C)Oc2ccc(Cl)cc2)c1. The Morgan fingerprint density at radius 2 is 1.88 bits per heavy atom. The molecule has 0 saturated heterocycles. The molecule has 26 heavy (non-hydrogen) atoms. The van der Waals surface area contributed by atoms with Crippen molar-refractivity contribution < 1.29 is 19.1 Å². The van der Waals surface area contributed by atoms with Gasteiger partial charge in [0.05, 0.1) is 6.61 Å². The van der Waals surface area contributed by atoms with Crippen molar-refractivity contribution in [3.8, 4) is 5.75 Å². The first-order chi connectivity index (χ1) is 12.5. The van der Waals surface area contributed by atoms with E-state index in [9.17, 15) is 9.59 Å². The second-order valence-electron chi connectivity index (χ2n) is 5.53. The summed E-state index contributed by atoms with van der Waals surface area (Å²) in [6.07, 6.45) is -0.713. The van der Waals surface area contributed by atoms with Crippen LogP contribution in [0, 0.1) is 0 Å². The van der Waals surface area contributed by atoms with Gasteiger partial charge in [-0.1, -0.05) is 17.7 Å². The minimum absolute atomic E-state index is 0.233. The third kappa shape index (κ3) is 6.06. The van der Waals surface area contributed by atoms with E-state index in [1.54, 1.807) is 62.6 Å². The first-order valence-electron chi connectivity index (χ1n) is 8.10. The van der Waals surface area contributed by atoms with Gasteiger partial charge in [0.2, 0.25) is 0 Å². The molecule has 138 valence electrons. The summed E-state index contributed by atoms with van der Waals surface area (Å²) in [4.78, 5) is 24.3. The Labute approximate surface area is 157 Å². The molecule has 0 saturated carbocycles. The fraction of sp³-hybridized carbons (Fsp3) is 0.263. The lowest BCUT2D eigenvalue weighted by Gasteiger charge is -2.15. The van der Waals surface area contributed by atoms with Gasteiger partial charge in [0.1, 0.15) is 5.75 Å². The van der Waals surface area contributed by atoms with E-state index in [1.165, 1.54) is 0 Å². The first-order valence-corrected chi connectivity index (χ1v) is 8.47. The Kier molecular flexibility index (Phi) is 7.44. The minimum Gasteiger partial charge on any atom is -0.481 e. The van der Waals surface area contributed by atoms with Crippen molar-refractivity contribution >= 4 is 29.1 Å². The monoisotopic (exact) mass is 376 g/mol. The average molecular weight is 377 g/mol. The lowest BCUT2D eigenvalue weighted by molar-refractivity contribution is -0.122. The number of nitrogens with one attached hydrogen (secondary N) is 2. The minimum atomic E-state index is -0.713. The van der Waals surface area contributed by atoms with Crippen LogP contribution < -0.4 is 15.4 Å². The van der Waals surface area contributed by atoms with Crippen LogP contribution >= 0.6 is 11.6 Å². The average Bonchev–Trinajstić information content (AvgIpc) is 2.64. The molecule has 2 aromatic rings. The molecular formula is C19H21ClN2O4. The number of halogens is 1. The molecule has 2 N–H and O–H groups in total. The highest BCUT2D eigenvalue weighted by molar-refractivity contribution is 6.30. The van der Waals surface area contributed by atoms with E-state index in [0.29, 0.717) is 35.2 Å². The predicted molar refractivity (Wildman–Crippen MR) is 101 cm³/mol. The van der Waals surface area contributed by atoms with Crippen molar-refractivity contribution in [1.82, 2.24) is 5.32 Å². The summed E-state index contributed by atoms with van der Waals surface area (Å²) < 4.78 is 10.5. The fourth-order valence-electron chi connectivity index (χ4n) is 2.12. The number of ether oxygens (including phenoxy) is 2. The molecule has 0 bridgehead atoms. The van der Waals surface area contributed by atoms with Gasteiger partial charge in [-0.05, 0) is 49.4 Å². The van der Waals surface area contributed by atoms with Crippen molar-refractivity contribution in [2.75, 3.05) is 25.6 Å². The van der Waals surface area contributed by atoms with Gasteiger partial charge in [-0.3, -0.25) is 9.59 Å². The van der Waals surface area contributed by atoms with E-state index < -0.39 is 6.10 Å². The molecule has 2 aromatic carbocycles. The van der Waals surface area contributed by atoms with Crippen LogP contribution in [0.15, 0.2) is 48.5 Å². The maximum atomic E-state index is 12.3. The largest absolute Gasteiger partial charge is 0.481 e. The Bertz CT molecular complexity index is 749. The molecule has 0 aliphatic rings. The zero-order valence-corrected chi connectivity index (χ0v) is 15.4. The summed E-state index contributed by atoms with van der Waals surface area (Å²) in [7, 11) is 1.57. The molecule has 0 aliphatic carbocycles. The van der Waals surface area contributed by atoms with Gasteiger partial charge in [-0.25, -0.2) is 0 Å². The van der Waals surface area contributed by atoms with Gasteiger partial charge in [0.25, 0.3) is 11.8 Å². The Hall–Kier alpha value is -2.57. The van der Waals surface area contributed by atoms with Crippen LogP contribution in [0.5, 0.6) is 5.75 Å². The summed E-state index contributed by atoms with van der Waals surface area (Å²) in [5.74, 6) is -0.0103. The molecule has 7 heteroatoms. The molecule has 0 heterocycles. The molecule has 1 unspecified atom stereocenters. The highest BCUT2D eigenvalue weighted by Gasteiger charge is 2.15. The molecule has 0 aromatic heterocycles. The van der Waals surface area contributed by atoms with E-state index in [0.717, 1.165) is 0 Å². The topological polar surface area (TPSA) is 76.7 Å². The fourth-order valence-corrected chi connectivity index (χ4v) is 2.25. The third-order valence-corrected chi connectivity index (χ3v) is 3.73. The van der Waals surface area contributed by atoms with Crippen LogP contribution in [0.1, 0.15) is 17.3 Å². The number of carbonyl (C=O) groups is 2. The van der Waals surface area contributed by atoms with Crippen LogP contribution in [0.25, 0.3) is 0 Å². The van der Waals surface area contributed by atoms with Crippen molar-refractivity contribution in [2.45, 2.75) is 13.0 Å². The van der Waals surface area contributed by atoms with Crippen LogP contribution in [0.4, 0.5) is 5.69 Å². The van der Waals surface area contributed by atoms with Crippen molar-refractivity contribution in [2.24, 2.45) is 0 Å². The van der Waals surface area contributed by atoms with Crippen molar-refractivity contribution in [3.63, 3.8) is 0 Å². The van der Waals surface area contributed by atoms with Gasteiger partial charge < -0.3 is 20.1 Å². The van der Waals surface area contributed by atoms with Crippen LogP contribution in [0.2, 0.25) is 5.02 Å². The molecule has 2 amide bonds. The second-order valence-corrected chi connectivity index (χ2v) is 5.97. The summed E-state index contributed by atoms with van der Waals surface area (Å²) in [5, 5.41) is 6.06. The number of methoxy groups -OCH3 is 1. The Morgan fingerprint density at radius 1 is 1.15 bits per heavy atom. The molecule has 0 fully saturated rings. The quantitative estimate of drug-likeness (QED) is 0.694. The molecule has 0 spiro atoms. The first kappa shape index (κ1) is 19.8. The zero-order valence-electron chi connectivity index (χ0n) is 14.6. The molecule has 2 rings (SSSR count). The smallest absolute Gasteiger partial charge is 0.265 e. The highest BCUT2D eigenvalue weighted by Crippen LogP contribution is 2.17. The van der Waals surface area contributed by atoms with Crippen molar-refractivity contribution in [3.05, 3.63) is 59.1 Å². The predicted octanol–water partition coefficient (Wildman–Crippen LogP) is 3.12. The van der Waals surface area contributed by atoms with Crippen LogP contribution in [-0.4, -0.2) is 38.2 Å². The standard InChI is InChI=1S/C19H21ClN2O4/c1-13(26-17-8-6-15(20)7-9-17)18(23)22-16-5-3-4-14(12-16)19(24)21-10-11-25-2/h3-9,12-13H,10-11H2,1-2H3,(H,21,24)(H,22,23). The molecule has 6 nitrogen and oxygen atoms in total. The lowest BCUT2D eigenvalue weighted by atomic mass is 10.2. The van der Waals surface area contributed by atoms with Gasteiger partial charge in [-0.15, -0.1) is 0 Å². The number of amides is 2. The Morgan fingerprint density at radius 3 is 2.58 bits per heavy atom. The van der Waals surface area contributed by atoms with E-state index in [4.69, 9.17) is 21.1 Å². The Balaban J connectivity index is 1.94. The van der Waals surface area contributed by atoms with Gasteiger partial charge in [0.15, 0.2) is 6.10 Å². The normalized spacial score (nSPS) is 11.5. The number of anilines is 1. The maximum Gasteiger partial charge on any atom is 0.265 e. The maximum absolute atomic E-state index is 12.3. The van der Waals surface area contributed by atoms with Crippen LogP contribution in [-0.2, 0) is 9.53 Å². The van der Waals surface area contributed by atoms with Gasteiger partial charge in [0, 0.05) is 29.9 Å². The van der Waals surface area contributed by atoms with Gasteiger partial charge in [-0.2, -0.15) is 0 Å². The van der Waals surface area contributed by atoms with Crippen LogP contribution in [0.3, 0.4) is 0 Å². The van der Waals surface area contributed by atoms with Crippen molar-refractivity contribution in [1.29, 1.82) is 0 Å². The number of carbonyl (C=O) groups excluding carboxylic acids is 2. The summed E-state index contributed by atoms with van der Waals surface area (Å²) in [5.41, 5.74) is 0.964. The summed E-state index contributed by atoms with van der Waals surface area (Å²) >= 11 is 5.82. The van der Waals surface area contributed by atoms with E-state index in [1.807, 2.05) is 0 Å². The molecular weight excluding hydrogens is 356 g/mol. The molecule has 0 radical (unpaired) electrons. The number of hydrogen-bond acceptors (Lipinski definition) is 4.